The second kappa shape index (κ2) is 7.07. The molecule has 1 rings (SSSR count). The smallest absolute Gasteiger partial charge is 0.237 e. The molecule has 3 N–H and O–H groups in total. The Morgan fingerprint density at radius 2 is 2.11 bits per heavy atom. The predicted molar refractivity (Wildman–Crippen MR) is 70.4 cm³/mol. The first kappa shape index (κ1) is 15.4. The van der Waals surface area contributed by atoms with E-state index < -0.39 is 5.60 Å². The largest absolute Gasteiger partial charge is 0.386 e. The zero-order valence-corrected chi connectivity index (χ0v) is 11.7. The molecule has 18 heavy (non-hydrogen) atoms. The number of amides is 1. The Bertz CT molecular complexity index is 261. The molecule has 0 radical (unpaired) electrons. The highest BCUT2D eigenvalue weighted by Crippen LogP contribution is 2.17. The third kappa shape index (κ3) is 4.55. The Morgan fingerprint density at radius 3 is 2.61 bits per heavy atom. The van der Waals surface area contributed by atoms with Crippen LogP contribution in [0.1, 0.15) is 40.0 Å². The summed E-state index contributed by atoms with van der Waals surface area (Å²) in [6.45, 7) is 7.27. The lowest BCUT2D eigenvalue weighted by atomic mass is 10.0. The van der Waals surface area contributed by atoms with Gasteiger partial charge in [0.15, 0.2) is 0 Å². The molecule has 0 aromatic heterocycles. The second-order valence-electron chi connectivity index (χ2n) is 5.15. The van der Waals surface area contributed by atoms with Crippen molar-refractivity contribution in [3.05, 3.63) is 0 Å². The molecule has 0 spiro atoms. The van der Waals surface area contributed by atoms with Crippen LogP contribution in [0.3, 0.4) is 0 Å². The summed E-state index contributed by atoms with van der Waals surface area (Å²) in [6.07, 6.45) is 2.50. The highest BCUT2D eigenvalue weighted by atomic mass is 16.5. The first-order chi connectivity index (χ1) is 8.50. The minimum Gasteiger partial charge on any atom is -0.386 e. The van der Waals surface area contributed by atoms with Gasteiger partial charge >= 0.3 is 0 Å². The Balaban J connectivity index is 2.31. The summed E-state index contributed by atoms with van der Waals surface area (Å²) < 4.78 is 5.16. The maximum atomic E-state index is 11.9. The molecule has 0 aliphatic carbocycles. The van der Waals surface area contributed by atoms with Crippen molar-refractivity contribution in [1.82, 2.24) is 10.6 Å². The molecule has 5 heteroatoms. The summed E-state index contributed by atoms with van der Waals surface area (Å²) in [5.74, 6) is -0.00813. The van der Waals surface area contributed by atoms with Gasteiger partial charge in [0, 0.05) is 25.6 Å². The van der Waals surface area contributed by atoms with Crippen LogP contribution in [0.2, 0.25) is 0 Å². The molecule has 1 fully saturated rings. The summed E-state index contributed by atoms with van der Waals surface area (Å²) in [4.78, 5) is 11.9. The van der Waals surface area contributed by atoms with E-state index >= 15 is 0 Å². The van der Waals surface area contributed by atoms with Gasteiger partial charge < -0.3 is 20.5 Å². The minimum absolute atomic E-state index is 0.00813. The topological polar surface area (TPSA) is 70.6 Å². The van der Waals surface area contributed by atoms with E-state index in [9.17, 15) is 9.90 Å². The molecule has 1 aliphatic heterocycles. The molecule has 106 valence electrons. The van der Waals surface area contributed by atoms with Crippen LogP contribution in [0.4, 0.5) is 0 Å². The van der Waals surface area contributed by atoms with Crippen LogP contribution in [0.15, 0.2) is 0 Å². The third-order valence-corrected chi connectivity index (χ3v) is 3.55. The molecule has 2 unspecified atom stereocenters. The second-order valence-corrected chi connectivity index (χ2v) is 5.15. The van der Waals surface area contributed by atoms with Crippen LogP contribution in [0.25, 0.3) is 0 Å². The summed E-state index contributed by atoms with van der Waals surface area (Å²) in [6, 6.07) is -0.0603. The van der Waals surface area contributed by atoms with Gasteiger partial charge in [-0.05, 0) is 19.8 Å². The van der Waals surface area contributed by atoms with Crippen molar-refractivity contribution in [2.24, 2.45) is 0 Å². The van der Waals surface area contributed by atoms with Gasteiger partial charge in [0.1, 0.15) is 5.60 Å². The van der Waals surface area contributed by atoms with Crippen molar-refractivity contribution >= 4 is 5.91 Å². The molecule has 2 atom stereocenters. The Morgan fingerprint density at radius 1 is 1.44 bits per heavy atom. The molecule has 0 aromatic rings. The number of aliphatic hydroxyl groups is 1. The number of nitrogens with one attached hydrogen (secondary N) is 2. The number of carbonyl (C=O) groups is 1. The lowest BCUT2D eigenvalue weighted by Crippen LogP contribution is -2.51. The van der Waals surface area contributed by atoms with E-state index in [4.69, 9.17) is 4.74 Å². The number of rotatable bonds is 7. The molecule has 0 bridgehead atoms. The quantitative estimate of drug-likeness (QED) is 0.619. The zero-order valence-electron chi connectivity index (χ0n) is 11.7. The molecule has 5 nitrogen and oxygen atoms in total. The van der Waals surface area contributed by atoms with Crippen molar-refractivity contribution in [3.8, 4) is 0 Å². The normalized spacial score (nSPS) is 25.4. The maximum absolute atomic E-state index is 11.9. The van der Waals surface area contributed by atoms with Gasteiger partial charge in [-0.3, -0.25) is 4.79 Å². The van der Waals surface area contributed by atoms with E-state index in [0.717, 1.165) is 12.8 Å². The molecule has 1 saturated heterocycles. The highest BCUT2D eigenvalue weighted by Gasteiger charge is 2.32. The Kier molecular flexibility index (Phi) is 6.05. The van der Waals surface area contributed by atoms with Crippen molar-refractivity contribution in [2.45, 2.75) is 57.7 Å². The van der Waals surface area contributed by atoms with Crippen LogP contribution in [-0.2, 0) is 9.53 Å². The fourth-order valence-corrected chi connectivity index (χ4v) is 1.99. The van der Waals surface area contributed by atoms with Crippen molar-refractivity contribution in [2.75, 3.05) is 19.8 Å². The van der Waals surface area contributed by atoms with Crippen LogP contribution in [0.5, 0.6) is 0 Å². The summed E-state index contributed by atoms with van der Waals surface area (Å²) in [5.41, 5.74) is -0.816. The van der Waals surface area contributed by atoms with E-state index in [0.29, 0.717) is 26.2 Å². The van der Waals surface area contributed by atoms with Gasteiger partial charge in [-0.25, -0.2) is 0 Å². The predicted octanol–water partition coefficient (Wildman–Crippen LogP) is 0.421. The fourth-order valence-electron chi connectivity index (χ4n) is 1.99. The van der Waals surface area contributed by atoms with E-state index in [2.05, 4.69) is 24.5 Å². The maximum Gasteiger partial charge on any atom is 0.237 e. The first-order valence-corrected chi connectivity index (χ1v) is 6.84. The third-order valence-electron chi connectivity index (χ3n) is 3.55. The zero-order chi connectivity index (χ0) is 13.6. The number of hydrogen-bond acceptors (Lipinski definition) is 4. The Labute approximate surface area is 109 Å². The van der Waals surface area contributed by atoms with Gasteiger partial charge in [-0.15, -0.1) is 0 Å². The van der Waals surface area contributed by atoms with Gasteiger partial charge in [-0.1, -0.05) is 13.8 Å². The molecule has 0 aromatic carbocycles. The molecule has 1 aliphatic rings. The van der Waals surface area contributed by atoms with Crippen LogP contribution in [0, 0.1) is 0 Å². The van der Waals surface area contributed by atoms with Gasteiger partial charge in [0.2, 0.25) is 5.91 Å². The number of ether oxygens (including phenoxy) is 1. The molecule has 1 amide bonds. The average Bonchev–Trinajstić information content (AvgIpc) is 2.80. The monoisotopic (exact) mass is 258 g/mol. The van der Waals surface area contributed by atoms with Crippen molar-refractivity contribution in [1.29, 1.82) is 0 Å². The summed E-state index contributed by atoms with van der Waals surface area (Å²) >= 11 is 0. The minimum atomic E-state index is -0.816. The van der Waals surface area contributed by atoms with E-state index in [1.165, 1.54) is 0 Å². The van der Waals surface area contributed by atoms with Gasteiger partial charge in [0.05, 0.1) is 12.6 Å². The van der Waals surface area contributed by atoms with Gasteiger partial charge in [-0.2, -0.15) is 0 Å². The average molecular weight is 258 g/mol. The van der Waals surface area contributed by atoms with Crippen LogP contribution >= 0.6 is 0 Å². The number of hydrogen-bond donors (Lipinski definition) is 3. The lowest BCUT2D eigenvalue weighted by Gasteiger charge is -2.24. The van der Waals surface area contributed by atoms with E-state index in [-0.39, 0.29) is 18.0 Å². The Hall–Kier alpha value is -0.650. The molecular formula is C13H26N2O3. The molecule has 1 heterocycles. The summed E-state index contributed by atoms with van der Waals surface area (Å²) in [5, 5.41) is 16.1. The molecule has 0 saturated carbocycles. The SMILES string of the molecule is CCC(CC)NC(=O)C(C)NCC1(O)CCOC1. The summed E-state index contributed by atoms with van der Waals surface area (Å²) in [7, 11) is 0. The highest BCUT2D eigenvalue weighted by molar-refractivity contribution is 5.81. The number of carbonyl (C=O) groups excluding carboxylic acids is 1. The first-order valence-electron chi connectivity index (χ1n) is 6.84. The van der Waals surface area contributed by atoms with Crippen LogP contribution < -0.4 is 10.6 Å². The van der Waals surface area contributed by atoms with E-state index in [1.54, 1.807) is 0 Å². The van der Waals surface area contributed by atoms with Crippen LogP contribution in [-0.4, -0.2) is 48.5 Å². The lowest BCUT2D eigenvalue weighted by molar-refractivity contribution is -0.123. The standard InChI is InChI=1S/C13H26N2O3/c1-4-11(5-2)15-12(16)10(3)14-8-13(17)6-7-18-9-13/h10-11,14,17H,4-9H2,1-3H3,(H,15,16). The van der Waals surface area contributed by atoms with Gasteiger partial charge in [0.25, 0.3) is 0 Å². The molecular weight excluding hydrogens is 232 g/mol. The van der Waals surface area contributed by atoms with Crippen molar-refractivity contribution < 1.29 is 14.6 Å². The fraction of sp³-hybridized carbons (Fsp3) is 0.923. The van der Waals surface area contributed by atoms with Crippen molar-refractivity contribution in [3.63, 3.8) is 0 Å². The van der Waals surface area contributed by atoms with E-state index in [1.807, 2.05) is 6.92 Å².